The number of hydrogen-bond acceptors (Lipinski definition) is 4. The molecular formula is C12H10BFO4. The molecule has 0 aliphatic carbocycles. The summed E-state index contributed by atoms with van der Waals surface area (Å²) in [6, 6.07) is 9.53. The number of ether oxygens (including phenoxy) is 1. The highest BCUT2D eigenvalue weighted by molar-refractivity contribution is 6.59. The maximum atomic E-state index is 12.9. The number of hydrogen-bond donors (Lipinski definition) is 3. The van der Waals surface area contributed by atoms with Crippen molar-refractivity contribution in [3.05, 3.63) is 48.3 Å². The fourth-order valence-electron chi connectivity index (χ4n) is 1.47. The van der Waals surface area contributed by atoms with E-state index in [1.165, 1.54) is 36.4 Å². The molecule has 0 saturated heterocycles. The van der Waals surface area contributed by atoms with Crippen molar-refractivity contribution in [2.45, 2.75) is 0 Å². The van der Waals surface area contributed by atoms with E-state index in [4.69, 9.17) is 14.8 Å². The monoisotopic (exact) mass is 248 g/mol. The molecule has 2 aromatic carbocycles. The molecule has 0 unspecified atom stereocenters. The van der Waals surface area contributed by atoms with E-state index >= 15 is 0 Å². The lowest BCUT2D eigenvalue weighted by molar-refractivity contribution is 0.418. The van der Waals surface area contributed by atoms with Crippen LogP contribution in [0.5, 0.6) is 17.2 Å². The maximum absolute atomic E-state index is 12.9. The van der Waals surface area contributed by atoms with Crippen molar-refractivity contribution in [3.8, 4) is 17.2 Å². The van der Waals surface area contributed by atoms with Gasteiger partial charge in [0.05, 0.1) is 0 Å². The predicted molar refractivity (Wildman–Crippen MR) is 64.4 cm³/mol. The highest BCUT2D eigenvalue weighted by Crippen LogP contribution is 2.24. The molecule has 0 aromatic heterocycles. The van der Waals surface area contributed by atoms with Crippen LogP contribution in [0.4, 0.5) is 4.39 Å². The van der Waals surface area contributed by atoms with E-state index < -0.39 is 12.9 Å². The second-order valence-electron chi connectivity index (χ2n) is 3.65. The second-order valence-corrected chi connectivity index (χ2v) is 3.65. The Morgan fingerprint density at radius 1 is 1.00 bits per heavy atom. The lowest BCUT2D eigenvalue weighted by Crippen LogP contribution is -2.29. The summed E-state index contributed by atoms with van der Waals surface area (Å²) < 4.78 is 18.2. The van der Waals surface area contributed by atoms with E-state index in [1.807, 2.05) is 0 Å². The van der Waals surface area contributed by atoms with Crippen molar-refractivity contribution in [2.24, 2.45) is 0 Å². The summed E-state index contributed by atoms with van der Waals surface area (Å²) in [6.45, 7) is 0. The first-order valence-corrected chi connectivity index (χ1v) is 5.19. The van der Waals surface area contributed by atoms with Gasteiger partial charge in [0.25, 0.3) is 0 Å². The van der Waals surface area contributed by atoms with Crippen LogP contribution in [0.15, 0.2) is 42.5 Å². The molecule has 0 fully saturated rings. The van der Waals surface area contributed by atoms with Crippen molar-refractivity contribution in [1.29, 1.82) is 0 Å². The zero-order chi connectivity index (χ0) is 13.1. The van der Waals surface area contributed by atoms with Gasteiger partial charge in [-0.1, -0.05) is 12.1 Å². The average molecular weight is 248 g/mol. The van der Waals surface area contributed by atoms with Crippen LogP contribution in [0.2, 0.25) is 0 Å². The second kappa shape index (κ2) is 5.08. The third-order valence-corrected chi connectivity index (χ3v) is 2.31. The van der Waals surface area contributed by atoms with Gasteiger partial charge in [0.2, 0.25) is 0 Å². The third-order valence-electron chi connectivity index (χ3n) is 2.31. The Hall–Kier alpha value is -2.05. The summed E-state index contributed by atoms with van der Waals surface area (Å²) in [5.74, 6) is -0.188. The first-order chi connectivity index (χ1) is 8.56. The predicted octanol–water partition coefficient (Wildman–Crippen LogP) is 1.00. The van der Waals surface area contributed by atoms with Crippen LogP contribution in [-0.4, -0.2) is 22.3 Å². The van der Waals surface area contributed by atoms with Gasteiger partial charge in [0.15, 0.2) is 0 Å². The van der Waals surface area contributed by atoms with Crippen molar-refractivity contribution >= 4 is 12.6 Å². The lowest BCUT2D eigenvalue weighted by atomic mass is 9.79. The van der Waals surface area contributed by atoms with Gasteiger partial charge in [0, 0.05) is 17.6 Å². The fourth-order valence-corrected chi connectivity index (χ4v) is 1.47. The van der Waals surface area contributed by atoms with Crippen LogP contribution in [-0.2, 0) is 0 Å². The van der Waals surface area contributed by atoms with Gasteiger partial charge < -0.3 is 19.9 Å². The minimum atomic E-state index is -1.76. The number of phenols is 1. The SMILES string of the molecule is OB(O)c1ccc(Oc2cccc(F)c2)cc1O. The minimum Gasteiger partial charge on any atom is -0.508 e. The summed E-state index contributed by atoms with van der Waals surface area (Å²) in [7, 11) is -1.76. The normalized spacial score (nSPS) is 10.2. The standard InChI is InChI=1S/C12H10BFO4/c14-8-2-1-3-9(6-8)18-10-4-5-11(13(16)17)12(15)7-10/h1-7,15-17H. The molecule has 0 spiro atoms. The summed E-state index contributed by atoms with van der Waals surface area (Å²) in [6.07, 6.45) is 0. The molecule has 0 aliphatic rings. The Morgan fingerprint density at radius 3 is 2.33 bits per heavy atom. The zero-order valence-corrected chi connectivity index (χ0v) is 9.25. The van der Waals surface area contributed by atoms with Crippen LogP contribution in [0.25, 0.3) is 0 Å². The summed E-state index contributed by atoms with van der Waals surface area (Å²) >= 11 is 0. The van der Waals surface area contributed by atoms with Crippen molar-refractivity contribution in [1.82, 2.24) is 0 Å². The Labute approximate surface area is 103 Å². The van der Waals surface area contributed by atoms with Gasteiger partial charge in [-0.05, 0) is 18.2 Å². The van der Waals surface area contributed by atoms with E-state index in [0.29, 0.717) is 0 Å². The Morgan fingerprint density at radius 2 is 1.72 bits per heavy atom. The maximum Gasteiger partial charge on any atom is 0.492 e. The Balaban J connectivity index is 2.23. The average Bonchev–Trinajstić information content (AvgIpc) is 2.28. The molecule has 0 heterocycles. The largest absolute Gasteiger partial charge is 0.508 e. The lowest BCUT2D eigenvalue weighted by Gasteiger charge is -2.08. The van der Waals surface area contributed by atoms with E-state index in [0.717, 1.165) is 0 Å². The molecular weight excluding hydrogens is 238 g/mol. The molecule has 0 aliphatic heterocycles. The highest BCUT2D eigenvalue weighted by Gasteiger charge is 2.16. The molecule has 18 heavy (non-hydrogen) atoms. The van der Waals surface area contributed by atoms with Gasteiger partial charge in [-0.2, -0.15) is 0 Å². The molecule has 0 saturated carbocycles. The minimum absolute atomic E-state index is 0.0263. The topological polar surface area (TPSA) is 69.9 Å². The van der Waals surface area contributed by atoms with E-state index in [9.17, 15) is 9.50 Å². The molecule has 92 valence electrons. The van der Waals surface area contributed by atoms with Crippen LogP contribution >= 0.6 is 0 Å². The van der Waals surface area contributed by atoms with Crippen molar-refractivity contribution < 1.29 is 24.3 Å². The van der Waals surface area contributed by atoms with Gasteiger partial charge in [-0.3, -0.25) is 0 Å². The van der Waals surface area contributed by atoms with Crippen LogP contribution in [0.1, 0.15) is 0 Å². The molecule has 0 radical (unpaired) electrons. The molecule has 6 heteroatoms. The summed E-state index contributed by atoms with van der Waals surface area (Å²) in [5, 5.41) is 27.4. The summed E-state index contributed by atoms with van der Waals surface area (Å²) in [5.41, 5.74) is -0.0263. The Bertz CT molecular complexity index is 560. The number of halogens is 1. The van der Waals surface area contributed by atoms with Crippen LogP contribution < -0.4 is 10.2 Å². The third kappa shape index (κ3) is 2.79. The number of phenolic OH excluding ortho intramolecular Hbond substituents is 1. The van der Waals surface area contributed by atoms with E-state index in [2.05, 4.69) is 0 Å². The molecule has 2 rings (SSSR count). The molecule has 0 bridgehead atoms. The first kappa shape index (κ1) is 12.4. The van der Waals surface area contributed by atoms with Gasteiger partial charge in [-0.15, -0.1) is 0 Å². The fraction of sp³-hybridized carbons (Fsp3) is 0. The van der Waals surface area contributed by atoms with Gasteiger partial charge in [-0.25, -0.2) is 4.39 Å². The molecule has 0 atom stereocenters. The van der Waals surface area contributed by atoms with Crippen LogP contribution in [0.3, 0.4) is 0 Å². The molecule has 2 aromatic rings. The van der Waals surface area contributed by atoms with Gasteiger partial charge >= 0.3 is 7.12 Å². The Kier molecular flexibility index (Phi) is 3.50. The van der Waals surface area contributed by atoms with Crippen molar-refractivity contribution in [2.75, 3.05) is 0 Å². The quantitative estimate of drug-likeness (QED) is 0.709. The molecule has 3 N–H and O–H groups in total. The smallest absolute Gasteiger partial charge is 0.492 e. The summed E-state index contributed by atoms with van der Waals surface area (Å²) in [4.78, 5) is 0. The zero-order valence-electron chi connectivity index (χ0n) is 9.25. The van der Waals surface area contributed by atoms with Crippen LogP contribution in [0, 0.1) is 5.82 Å². The first-order valence-electron chi connectivity index (χ1n) is 5.19. The molecule has 4 nitrogen and oxygen atoms in total. The number of aromatic hydroxyl groups is 1. The highest BCUT2D eigenvalue weighted by atomic mass is 19.1. The number of benzene rings is 2. The molecule has 0 amide bonds. The van der Waals surface area contributed by atoms with E-state index in [1.54, 1.807) is 6.07 Å². The van der Waals surface area contributed by atoms with E-state index in [-0.39, 0.29) is 22.7 Å². The van der Waals surface area contributed by atoms with Gasteiger partial charge in [0.1, 0.15) is 23.1 Å². The number of rotatable bonds is 3. The van der Waals surface area contributed by atoms with Crippen molar-refractivity contribution in [3.63, 3.8) is 0 Å².